The molecule has 3 N–H and O–H groups in total. The molecule has 128 valence electrons. The van der Waals surface area contributed by atoms with Crippen LogP contribution in [-0.4, -0.2) is 41.7 Å². The van der Waals surface area contributed by atoms with Gasteiger partial charge in [0.2, 0.25) is 0 Å². The standard InChI is InChI=1S/C15H20N4O2.2ClH/c1-21-15(6-8-16-9-7-15)14(20)17-10-13-18-11-4-2-3-5-12(11)19-13;;/h2-5,16H,6-10H2,1H3,(H,17,20)(H,18,19);2*1H. The third kappa shape index (κ3) is 4.14. The summed E-state index contributed by atoms with van der Waals surface area (Å²) in [4.78, 5) is 20.1. The lowest BCUT2D eigenvalue weighted by Gasteiger charge is -2.34. The number of amides is 1. The predicted octanol–water partition coefficient (Wildman–Crippen LogP) is 1.79. The Morgan fingerprint density at radius 1 is 1.30 bits per heavy atom. The van der Waals surface area contributed by atoms with E-state index in [2.05, 4.69) is 20.6 Å². The van der Waals surface area contributed by atoms with Crippen molar-refractivity contribution in [2.75, 3.05) is 20.2 Å². The molecular formula is C15H22Cl2N4O2. The largest absolute Gasteiger partial charge is 0.368 e. The topological polar surface area (TPSA) is 79.0 Å². The molecule has 1 aromatic heterocycles. The number of H-pyrrole nitrogens is 1. The van der Waals surface area contributed by atoms with E-state index in [1.807, 2.05) is 24.3 Å². The molecule has 0 spiro atoms. The molecule has 2 heterocycles. The monoisotopic (exact) mass is 360 g/mol. The zero-order valence-electron chi connectivity index (χ0n) is 12.9. The lowest BCUT2D eigenvalue weighted by Crippen LogP contribution is -2.54. The van der Waals surface area contributed by atoms with E-state index in [4.69, 9.17) is 4.74 Å². The van der Waals surface area contributed by atoms with Gasteiger partial charge in [0.15, 0.2) is 0 Å². The number of nitrogens with zero attached hydrogens (tertiary/aromatic N) is 1. The maximum absolute atomic E-state index is 12.4. The van der Waals surface area contributed by atoms with E-state index in [0.717, 1.165) is 29.9 Å². The lowest BCUT2D eigenvalue weighted by molar-refractivity contribution is -0.146. The molecule has 0 aliphatic carbocycles. The van der Waals surface area contributed by atoms with E-state index in [0.29, 0.717) is 19.4 Å². The van der Waals surface area contributed by atoms with Gasteiger partial charge in [-0.15, -0.1) is 24.8 Å². The number of para-hydroxylation sites is 2. The average molecular weight is 361 g/mol. The second kappa shape index (κ2) is 8.49. The molecule has 0 saturated carbocycles. The van der Waals surface area contributed by atoms with E-state index >= 15 is 0 Å². The first-order chi connectivity index (χ1) is 10.2. The first-order valence-corrected chi connectivity index (χ1v) is 7.21. The molecule has 1 fully saturated rings. The second-order valence-electron chi connectivity index (χ2n) is 5.33. The molecule has 6 nitrogen and oxygen atoms in total. The van der Waals surface area contributed by atoms with Gasteiger partial charge in [0.25, 0.3) is 5.91 Å². The number of halogens is 2. The molecule has 1 amide bonds. The Morgan fingerprint density at radius 3 is 2.65 bits per heavy atom. The highest BCUT2D eigenvalue weighted by molar-refractivity contribution is 5.86. The molecule has 1 aliphatic heterocycles. The van der Waals surface area contributed by atoms with Crippen LogP contribution in [0.3, 0.4) is 0 Å². The zero-order chi connectivity index (χ0) is 14.7. The Labute approximate surface area is 147 Å². The number of aromatic nitrogens is 2. The normalized spacial score (nSPS) is 16.2. The number of hydrogen-bond acceptors (Lipinski definition) is 4. The van der Waals surface area contributed by atoms with Gasteiger partial charge in [-0.3, -0.25) is 4.79 Å². The molecule has 0 unspecified atom stereocenters. The van der Waals surface area contributed by atoms with E-state index in [-0.39, 0.29) is 30.7 Å². The summed E-state index contributed by atoms with van der Waals surface area (Å²) in [6.45, 7) is 1.98. The van der Waals surface area contributed by atoms with Crippen molar-refractivity contribution >= 4 is 41.8 Å². The van der Waals surface area contributed by atoms with Crippen molar-refractivity contribution in [2.45, 2.75) is 25.0 Å². The molecule has 1 aromatic carbocycles. The van der Waals surface area contributed by atoms with Crippen LogP contribution in [0.2, 0.25) is 0 Å². The van der Waals surface area contributed by atoms with Crippen molar-refractivity contribution in [1.82, 2.24) is 20.6 Å². The fourth-order valence-corrected chi connectivity index (χ4v) is 2.77. The quantitative estimate of drug-likeness (QED) is 0.776. The number of nitrogens with one attached hydrogen (secondary N) is 3. The number of carbonyl (C=O) groups is 1. The minimum Gasteiger partial charge on any atom is -0.368 e. The smallest absolute Gasteiger partial charge is 0.252 e. The molecule has 0 bridgehead atoms. The maximum Gasteiger partial charge on any atom is 0.252 e. The van der Waals surface area contributed by atoms with Gasteiger partial charge in [0.05, 0.1) is 17.6 Å². The van der Waals surface area contributed by atoms with Crippen LogP contribution in [0.4, 0.5) is 0 Å². The number of methoxy groups -OCH3 is 1. The molecule has 2 aromatic rings. The number of fused-ring (bicyclic) bond motifs is 1. The van der Waals surface area contributed by atoms with Gasteiger partial charge in [-0.05, 0) is 38.1 Å². The minimum absolute atomic E-state index is 0. The maximum atomic E-state index is 12.4. The number of rotatable bonds is 4. The third-order valence-corrected chi connectivity index (χ3v) is 4.07. The summed E-state index contributed by atoms with van der Waals surface area (Å²) in [7, 11) is 1.60. The minimum atomic E-state index is -0.711. The number of hydrogen-bond donors (Lipinski definition) is 3. The fraction of sp³-hybridized carbons (Fsp3) is 0.467. The van der Waals surface area contributed by atoms with Crippen molar-refractivity contribution in [3.63, 3.8) is 0 Å². The van der Waals surface area contributed by atoms with Gasteiger partial charge in [-0.25, -0.2) is 4.98 Å². The summed E-state index contributed by atoms with van der Waals surface area (Å²) >= 11 is 0. The summed E-state index contributed by atoms with van der Waals surface area (Å²) in [5.41, 5.74) is 1.17. The highest BCUT2D eigenvalue weighted by Gasteiger charge is 2.39. The Morgan fingerprint density at radius 2 is 2.00 bits per heavy atom. The summed E-state index contributed by atoms with van der Waals surface area (Å²) < 4.78 is 5.51. The van der Waals surface area contributed by atoms with E-state index in [9.17, 15) is 4.79 Å². The van der Waals surface area contributed by atoms with Gasteiger partial charge < -0.3 is 20.4 Å². The van der Waals surface area contributed by atoms with Crippen molar-refractivity contribution in [2.24, 2.45) is 0 Å². The Balaban J connectivity index is 0.00000132. The summed E-state index contributed by atoms with van der Waals surface area (Å²) in [6, 6.07) is 7.82. The van der Waals surface area contributed by atoms with Crippen LogP contribution >= 0.6 is 24.8 Å². The molecule has 0 atom stereocenters. The Kier molecular flexibility index (Phi) is 7.28. The summed E-state index contributed by atoms with van der Waals surface area (Å²) in [5.74, 6) is 0.691. The van der Waals surface area contributed by atoms with Crippen LogP contribution in [0.25, 0.3) is 11.0 Å². The lowest BCUT2D eigenvalue weighted by atomic mass is 9.91. The van der Waals surface area contributed by atoms with E-state index < -0.39 is 5.60 Å². The Bertz CT molecular complexity index is 608. The average Bonchev–Trinajstić information content (AvgIpc) is 2.96. The van der Waals surface area contributed by atoms with Crippen LogP contribution in [0.15, 0.2) is 24.3 Å². The highest BCUT2D eigenvalue weighted by atomic mass is 35.5. The molecule has 23 heavy (non-hydrogen) atoms. The fourth-order valence-electron chi connectivity index (χ4n) is 2.77. The number of ether oxygens (including phenoxy) is 1. The molecule has 8 heteroatoms. The van der Waals surface area contributed by atoms with Gasteiger partial charge in [0.1, 0.15) is 11.4 Å². The van der Waals surface area contributed by atoms with E-state index in [1.165, 1.54) is 0 Å². The van der Waals surface area contributed by atoms with Crippen LogP contribution in [0.1, 0.15) is 18.7 Å². The van der Waals surface area contributed by atoms with Gasteiger partial charge >= 0.3 is 0 Å². The number of carbonyl (C=O) groups excluding carboxylic acids is 1. The second-order valence-corrected chi connectivity index (χ2v) is 5.33. The van der Waals surface area contributed by atoms with Crippen molar-refractivity contribution in [3.8, 4) is 0 Å². The van der Waals surface area contributed by atoms with Crippen LogP contribution in [-0.2, 0) is 16.1 Å². The number of aromatic amines is 1. The zero-order valence-corrected chi connectivity index (χ0v) is 14.6. The third-order valence-electron chi connectivity index (χ3n) is 4.07. The SMILES string of the molecule is COC1(C(=O)NCc2nc3ccccc3[nH]2)CCNCC1.Cl.Cl. The van der Waals surface area contributed by atoms with Crippen molar-refractivity contribution in [3.05, 3.63) is 30.1 Å². The molecule has 1 saturated heterocycles. The molecule has 1 aliphatic rings. The predicted molar refractivity (Wildman–Crippen MR) is 94.3 cm³/mol. The number of piperidine rings is 1. The molecular weight excluding hydrogens is 339 g/mol. The number of imidazole rings is 1. The first-order valence-electron chi connectivity index (χ1n) is 7.21. The summed E-state index contributed by atoms with van der Waals surface area (Å²) in [6.07, 6.45) is 1.38. The van der Waals surface area contributed by atoms with Crippen molar-refractivity contribution < 1.29 is 9.53 Å². The van der Waals surface area contributed by atoms with Gasteiger partial charge in [0, 0.05) is 7.11 Å². The Hall–Kier alpha value is -1.34. The summed E-state index contributed by atoms with van der Waals surface area (Å²) in [5, 5.41) is 6.18. The van der Waals surface area contributed by atoms with Gasteiger partial charge in [-0.2, -0.15) is 0 Å². The first kappa shape index (κ1) is 19.7. The van der Waals surface area contributed by atoms with Crippen LogP contribution in [0, 0.1) is 0 Å². The van der Waals surface area contributed by atoms with Crippen LogP contribution in [0.5, 0.6) is 0 Å². The van der Waals surface area contributed by atoms with Crippen LogP contribution < -0.4 is 10.6 Å². The van der Waals surface area contributed by atoms with Crippen molar-refractivity contribution in [1.29, 1.82) is 0 Å². The van der Waals surface area contributed by atoms with E-state index in [1.54, 1.807) is 7.11 Å². The highest BCUT2D eigenvalue weighted by Crippen LogP contribution is 2.22. The van der Waals surface area contributed by atoms with Gasteiger partial charge in [-0.1, -0.05) is 12.1 Å². The number of benzene rings is 1. The molecule has 3 rings (SSSR count). The molecule has 0 radical (unpaired) electrons.